The second kappa shape index (κ2) is 7.53. The fraction of sp³-hybridized carbons (Fsp3) is 0.300. The number of hydrogen-bond acceptors (Lipinski definition) is 2. The quantitative estimate of drug-likeness (QED) is 0.802. The summed E-state index contributed by atoms with van der Waals surface area (Å²) >= 11 is 3.05. The van der Waals surface area contributed by atoms with Crippen molar-refractivity contribution < 1.29 is 15.0 Å². The van der Waals surface area contributed by atoms with Gasteiger partial charge in [0.1, 0.15) is 4.83 Å². The highest BCUT2D eigenvalue weighted by molar-refractivity contribution is 9.09. The first-order valence-corrected chi connectivity index (χ1v) is 5.07. The van der Waals surface area contributed by atoms with Crippen LogP contribution in [-0.2, 0) is 4.79 Å². The smallest absolute Gasteiger partial charge is 0.321 e. The Morgan fingerprint density at radius 3 is 2.21 bits per heavy atom. The van der Waals surface area contributed by atoms with E-state index in [1.165, 1.54) is 0 Å². The third kappa shape index (κ3) is 4.99. The van der Waals surface area contributed by atoms with Crippen LogP contribution in [0, 0.1) is 0 Å². The summed E-state index contributed by atoms with van der Waals surface area (Å²) in [5.41, 5.74) is 0.764. The second-order valence-corrected chi connectivity index (χ2v) is 3.34. The lowest BCUT2D eigenvalue weighted by atomic mass is 10.2. The highest BCUT2D eigenvalue weighted by atomic mass is 79.9. The number of alkyl halides is 1. The number of carbonyl (C=O) groups is 1. The molecule has 0 fully saturated rings. The van der Waals surface area contributed by atoms with Crippen molar-refractivity contribution >= 4 is 21.9 Å². The van der Waals surface area contributed by atoms with Crippen LogP contribution in [0.15, 0.2) is 30.3 Å². The van der Waals surface area contributed by atoms with Crippen LogP contribution in [-0.4, -0.2) is 22.8 Å². The summed E-state index contributed by atoms with van der Waals surface area (Å²) in [7, 11) is 0. The van der Waals surface area contributed by atoms with E-state index in [0.717, 1.165) is 5.56 Å². The van der Waals surface area contributed by atoms with E-state index in [9.17, 15) is 4.79 Å². The Hall–Kier alpha value is -0.870. The molecular weight excluding hydrogens is 248 g/mol. The largest absolute Gasteiger partial charge is 0.480 e. The Morgan fingerprint density at radius 1 is 1.43 bits per heavy atom. The van der Waals surface area contributed by atoms with Crippen molar-refractivity contribution in [3.63, 3.8) is 0 Å². The van der Waals surface area contributed by atoms with Crippen LogP contribution in [0.2, 0.25) is 0 Å². The highest BCUT2D eigenvalue weighted by Gasteiger charge is 2.13. The van der Waals surface area contributed by atoms with Gasteiger partial charge in [-0.1, -0.05) is 46.3 Å². The molecule has 3 nitrogen and oxygen atoms in total. The zero-order valence-corrected chi connectivity index (χ0v) is 9.44. The van der Waals surface area contributed by atoms with Gasteiger partial charge in [-0.2, -0.15) is 0 Å². The summed E-state index contributed by atoms with van der Waals surface area (Å²) in [4.78, 5) is 9.86. The molecule has 0 heterocycles. The summed E-state index contributed by atoms with van der Waals surface area (Å²) < 4.78 is 0. The topological polar surface area (TPSA) is 57.5 Å². The minimum absolute atomic E-state index is 0.250. The Kier molecular flexibility index (Phi) is 7.06. The fourth-order valence-corrected chi connectivity index (χ4v) is 1.07. The zero-order valence-electron chi connectivity index (χ0n) is 7.85. The Balaban J connectivity index is 0.000000500. The molecule has 0 amide bonds. The van der Waals surface area contributed by atoms with E-state index in [2.05, 4.69) is 15.9 Å². The molecule has 1 rings (SSSR count). The number of carboxylic acids is 1. The van der Waals surface area contributed by atoms with E-state index in [1.807, 2.05) is 18.2 Å². The van der Waals surface area contributed by atoms with Crippen LogP contribution in [0.5, 0.6) is 0 Å². The van der Waals surface area contributed by atoms with Crippen molar-refractivity contribution in [2.75, 3.05) is 6.61 Å². The van der Waals surface area contributed by atoms with Gasteiger partial charge in [-0.3, -0.25) is 4.79 Å². The van der Waals surface area contributed by atoms with Gasteiger partial charge in [0.2, 0.25) is 0 Å². The van der Waals surface area contributed by atoms with Crippen LogP contribution in [0.3, 0.4) is 0 Å². The first kappa shape index (κ1) is 13.1. The lowest BCUT2D eigenvalue weighted by Crippen LogP contribution is -2.03. The third-order valence-corrected chi connectivity index (χ3v) is 2.23. The normalized spacial score (nSPS) is 11.1. The average Bonchev–Trinajstić information content (AvgIpc) is 2.19. The van der Waals surface area contributed by atoms with E-state index >= 15 is 0 Å². The standard InChI is InChI=1S/C8H7BrO2.C2H6O/c9-7(8(10)11)6-4-2-1-3-5-6;1-2-3/h1-5,7H,(H,10,11);3H,2H2,1H3. The Labute approximate surface area is 91.5 Å². The molecule has 0 bridgehead atoms. The number of benzene rings is 1. The molecule has 0 aromatic heterocycles. The number of rotatable bonds is 2. The second-order valence-electron chi connectivity index (χ2n) is 2.43. The summed E-state index contributed by atoms with van der Waals surface area (Å²) in [5.74, 6) is -0.865. The lowest BCUT2D eigenvalue weighted by Gasteiger charge is -2.02. The number of aliphatic hydroxyl groups excluding tert-OH is 1. The van der Waals surface area contributed by atoms with Crippen molar-refractivity contribution in [3.05, 3.63) is 35.9 Å². The predicted molar refractivity (Wildman–Crippen MR) is 58.5 cm³/mol. The van der Waals surface area contributed by atoms with Crippen LogP contribution in [0.1, 0.15) is 17.3 Å². The van der Waals surface area contributed by atoms with E-state index in [0.29, 0.717) is 0 Å². The van der Waals surface area contributed by atoms with Crippen LogP contribution in [0.25, 0.3) is 0 Å². The molecule has 1 unspecified atom stereocenters. The molecule has 4 heteroatoms. The van der Waals surface area contributed by atoms with Gasteiger partial charge in [0.05, 0.1) is 0 Å². The van der Waals surface area contributed by atoms with Gasteiger partial charge in [-0.25, -0.2) is 0 Å². The molecule has 1 aromatic rings. The minimum atomic E-state index is -0.865. The van der Waals surface area contributed by atoms with Crippen molar-refractivity contribution in [1.29, 1.82) is 0 Å². The highest BCUT2D eigenvalue weighted by Crippen LogP contribution is 2.21. The van der Waals surface area contributed by atoms with E-state index < -0.39 is 10.8 Å². The minimum Gasteiger partial charge on any atom is -0.480 e. The van der Waals surface area contributed by atoms with Gasteiger partial charge in [0.25, 0.3) is 0 Å². The van der Waals surface area contributed by atoms with Gasteiger partial charge in [-0.05, 0) is 12.5 Å². The third-order valence-electron chi connectivity index (χ3n) is 1.31. The van der Waals surface area contributed by atoms with Crippen molar-refractivity contribution in [3.8, 4) is 0 Å². The Morgan fingerprint density at radius 2 is 1.86 bits per heavy atom. The average molecular weight is 261 g/mol. The molecular formula is C10H13BrO3. The first-order chi connectivity index (χ1) is 6.63. The number of carboxylic acid groups (broad SMARTS) is 1. The molecule has 0 spiro atoms. The van der Waals surface area contributed by atoms with Gasteiger partial charge < -0.3 is 10.2 Å². The molecule has 78 valence electrons. The lowest BCUT2D eigenvalue weighted by molar-refractivity contribution is -0.136. The van der Waals surface area contributed by atoms with E-state index in [1.54, 1.807) is 19.1 Å². The molecule has 0 saturated heterocycles. The zero-order chi connectivity index (χ0) is 11.0. The monoisotopic (exact) mass is 260 g/mol. The van der Waals surface area contributed by atoms with Gasteiger partial charge in [0, 0.05) is 6.61 Å². The number of halogens is 1. The molecule has 0 aliphatic rings. The molecule has 1 aromatic carbocycles. The SMILES string of the molecule is CCO.O=C(O)C(Br)c1ccccc1. The Bertz CT molecular complexity index is 261. The maximum Gasteiger partial charge on any atom is 0.321 e. The van der Waals surface area contributed by atoms with Gasteiger partial charge in [-0.15, -0.1) is 0 Å². The van der Waals surface area contributed by atoms with Crippen LogP contribution >= 0.6 is 15.9 Å². The fourth-order valence-electron chi connectivity index (χ4n) is 0.765. The number of aliphatic carboxylic acids is 1. The van der Waals surface area contributed by atoms with Crippen molar-refractivity contribution in [2.45, 2.75) is 11.8 Å². The molecule has 0 saturated carbocycles. The number of aliphatic hydroxyl groups is 1. The summed E-state index contributed by atoms with van der Waals surface area (Å²) in [6.45, 7) is 1.93. The van der Waals surface area contributed by atoms with Gasteiger partial charge in [0.15, 0.2) is 0 Å². The first-order valence-electron chi connectivity index (χ1n) is 4.16. The number of hydrogen-bond donors (Lipinski definition) is 2. The molecule has 0 radical (unpaired) electrons. The predicted octanol–water partition coefficient (Wildman–Crippen LogP) is 2.21. The van der Waals surface area contributed by atoms with Crippen LogP contribution < -0.4 is 0 Å². The molecule has 0 aliphatic carbocycles. The summed E-state index contributed by atoms with van der Waals surface area (Å²) in [6, 6.07) is 9.02. The van der Waals surface area contributed by atoms with Crippen molar-refractivity contribution in [2.24, 2.45) is 0 Å². The molecule has 0 aliphatic heterocycles. The maximum absolute atomic E-state index is 10.5. The van der Waals surface area contributed by atoms with E-state index in [-0.39, 0.29) is 6.61 Å². The summed E-state index contributed by atoms with van der Waals surface area (Å²) in [6.07, 6.45) is 0. The van der Waals surface area contributed by atoms with E-state index in [4.69, 9.17) is 10.2 Å². The molecule has 1 atom stereocenters. The maximum atomic E-state index is 10.5. The van der Waals surface area contributed by atoms with Crippen LogP contribution in [0.4, 0.5) is 0 Å². The summed E-state index contributed by atoms with van der Waals surface area (Å²) in [5, 5.41) is 16.2. The molecule has 2 N–H and O–H groups in total. The molecule has 14 heavy (non-hydrogen) atoms. The van der Waals surface area contributed by atoms with Crippen molar-refractivity contribution in [1.82, 2.24) is 0 Å². The van der Waals surface area contributed by atoms with Gasteiger partial charge >= 0.3 is 5.97 Å².